The van der Waals surface area contributed by atoms with E-state index in [0.29, 0.717) is 6.42 Å². The Labute approximate surface area is 113 Å². The molecule has 5 nitrogen and oxygen atoms in total. The molecule has 0 N–H and O–H groups in total. The van der Waals surface area contributed by atoms with E-state index in [1.165, 1.54) is 0 Å². The highest BCUT2D eigenvalue weighted by molar-refractivity contribution is 6.17. The van der Waals surface area contributed by atoms with Crippen molar-refractivity contribution in [3.05, 3.63) is 11.6 Å². The summed E-state index contributed by atoms with van der Waals surface area (Å²) in [6, 6.07) is 0. The maximum absolute atomic E-state index is 11.6. The Morgan fingerprint density at radius 3 is 2.00 bits per heavy atom. The molecule has 19 heavy (non-hydrogen) atoms. The molecule has 0 atom stereocenters. The van der Waals surface area contributed by atoms with E-state index in [-0.39, 0.29) is 31.0 Å². The summed E-state index contributed by atoms with van der Waals surface area (Å²) in [4.78, 5) is 34.7. The Morgan fingerprint density at radius 1 is 1.05 bits per heavy atom. The van der Waals surface area contributed by atoms with Crippen LogP contribution >= 0.6 is 0 Å². The van der Waals surface area contributed by atoms with Gasteiger partial charge in [0, 0.05) is 18.9 Å². The Kier molecular flexibility index (Phi) is 8.80. The predicted molar refractivity (Wildman–Crippen MR) is 69.0 cm³/mol. The molecule has 0 aliphatic carbocycles. The third-order valence-electron chi connectivity index (χ3n) is 1.97. The third-order valence-corrected chi connectivity index (χ3v) is 1.97. The van der Waals surface area contributed by atoms with Gasteiger partial charge in [-0.15, -0.1) is 11.8 Å². The summed E-state index contributed by atoms with van der Waals surface area (Å²) < 4.78 is 9.42. The highest BCUT2D eigenvalue weighted by Gasteiger charge is 2.22. The minimum atomic E-state index is -0.851. The molecule has 0 saturated carbocycles. The quantitative estimate of drug-likeness (QED) is 0.229. The van der Waals surface area contributed by atoms with Crippen molar-refractivity contribution in [3.8, 4) is 11.8 Å². The van der Waals surface area contributed by atoms with E-state index in [9.17, 15) is 14.4 Å². The number of esters is 2. The summed E-state index contributed by atoms with van der Waals surface area (Å²) in [7, 11) is 0. The van der Waals surface area contributed by atoms with Gasteiger partial charge in [0.2, 0.25) is 0 Å². The first-order valence-corrected chi connectivity index (χ1v) is 6.05. The Hall–Kier alpha value is -2.09. The lowest BCUT2D eigenvalue weighted by Gasteiger charge is -2.05. The van der Waals surface area contributed by atoms with Crippen LogP contribution in [-0.2, 0) is 23.9 Å². The van der Waals surface area contributed by atoms with Crippen molar-refractivity contribution in [2.24, 2.45) is 0 Å². The molecule has 0 aromatic carbocycles. The fourth-order valence-corrected chi connectivity index (χ4v) is 1.16. The molecule has 5 heteroatoms. The summed E-state index contributed by atoms with van der Waals surface area (Å²) in [6.07, 6.45) is 1.49. The topological polar surface area (TPSA) is 69.7 Å². The van der Waals surface area contributed by atoms with Gasteiger partial charge in [-0.2, -0.15) is 0 Å². The van der Waals surface area contributed by atoms with Crippen molar-refractivity contribution in [2.45, 2.75) is 33.6 Å². The van der Waals surface area contributed by atoms with E-state index in [1.54, 1.807) is 20.8 Å². The number of allylic oxidation sites excluding steroid dienone is 1. The SMILES string of the molecule is CC#CCCC(=O)C=C(C(=O)OCC)C(=O)OCC. The second kappa shape index (κ2) is 9.89. The lowest BCUT2D eigenvalue weighted by Crippen LogP contribution is -2.19. The highest BCUT2D eigenvalue weighted by atomic mass is 16.6. The van der Waals surface area contributed by atoms with E-state index in [1.807, 2.05) is 0 Å². The fraction of sp³-hybridized carbons (Fsp3) is 0.500. The third kappa shape index (κ3) is 7.04. The summed E-state index contributed by atoms with van der Waals surface area (Å²) in [5.41, 5.74) is -0.377. The van der Waals surface area contributed by atoms with Crippen LogP contribution in [0.15, 0.2) is 11.6 Å². The van der Waals surface area contributed by atoms with Crippen LogP contribution in [0.25, 0.3) is 0 Å². The van der Waals surface area contributed by atoms with Gasteiger partial charge in [0.15, 0.2) is 5.78 Å². The van der Waals surface area contributed by atoms with Crippen LogP contribution < -0.4 is 0 Å². The molecule has 0 aliphatic rings. The Balaban J connectivity index is 4.88. The molecular formula is C14H18O5. The normalized spacial score (nSPS) is 8.79. The van der Waals surface area contributed by atoms with Crippen molar-refractivity contribution in [1.82, 2.24) is 0 Å². The lowest BCUT2D eigenvalue weighted by molar-refractivity contribution is -0.146. The zero-order valence-corrected chi connectivity index (χ0v) is 11.4. The van der Waals surface area contributed by atoms with E-state index >= 15 is 0 Å². The first-order valence-electron chi connectivity index (χ1n) is 6.05. The number of carbonyl (C=O) groups is 3. The summed E-state index contributed by atoms with van der Waals surface area (Å²) in [5, 5.41) is 0. The van der Waals surface area contributed by atoms with Crippen molar-refractivity contribution in [1.29, 1.82) is 0 Å². The molecule has 0 radical (unpaired) electrons. The zero-order chi connectivity index (χ0) is 14.7. The minimum Gasteiger partial charge on any atom is -0.462 e. The van der Waals surface area contributed by atoms with Gasteiger partial charge in [-0.05, 0) is 20.8 Å². The number of carbonyl (C=O) groups excluding carboxylic acids is 3. The van der Waals surface area contributed by atoms with Gasteiger partial charge in [-0.1, -0.05) is 0 Å². The fourth-order valence-electron chi connectivity index (χ4n) is 1.16. The van der Waals surface area contributed by atoms with E-state index in [4.69, 9.17) is 9.47 Å². The standard InChI is InChI=1S/C14H18O5/c1-4-7-8-9-11(15)10-12(13(16)18-5-2)14(17)19-6-3/h10H,5-6,8-9H2,1-3H3. The van der Waals surface area contributed by atoms with Crippen LogP contribution in [-0.4, -0.2) is 30.9 Å². The van der Waals surface area contributed by atoms with Gasteiger partial charge in [-0.25, -0.2) is 9.59 Å². The summed E-state index contributed by atoms with van der Waals surface area (Å²) >= 11 is 0. The molecule has 0 amide bonds. The second-order valence-corrected chi connectivity index (χ2v) is 3.39. The maximum Gasteiger partial charge on any atom is 0.345 e. The molecule has 0 aliphatic heterocycles. The molecule has 0 bridgehead atoms. The van der Waals surface area contributed by atoms with Crippen LogP contribution in [0.5, 0.6) is 0 Å². The lowest BCUT2D eigenvalue weighted by atomic mass is 10.1. The number of hydrogen-bond donors (Lipinski definition) is 0. The molecule has 0 fully saturated rings. The molecule has 0 aromatic rings. The molecule has 0 spiro atoms. The molecule has 0 unspecified atom stereocenters. The van der Waals surface area contributed by atoms with Crippen molar-refractivity contribution in [2.75, 3.05) is 13.2 Å². The van der Waals surface area contributed by atoms with Crippen LogP contribution in [0.3, 0.4) is 0 Å². The number of hydrogen-bond acceptors (Lipinski definition) is 5. The predicted octanol–water partition coefficient (Wildman–Crippen LogP) is 1.41. The smallest absolute Gasteiger partial charge is 0.345 e. The van der Waals surface area contributed by atoms with E-state index < -0.39 is 11.9 Å². The zero-order valence-electron chi connectivity index (χ0n) is 11.4. The van der Waals surface area contributed by atoms with Gasteiger partial charge >= 0.3 is 11.9 Å². The minimum absolute atomic E-state index is 0.116. The second-order valence-electron chi connectivity index (χ2n) is 3.39. The average Bonchev–Trinajstić information content (AvgIpc) is 2.36. The molecule has 0 heterocycles. The van der Waals surface area contributed by atoms with Crippen LogP contribution in [0.1, 0.15) is 33.6 Å². The first kappa shape index (κ1) is 16.9. The van der Waals surface area contributed by atoms with Crippen molar-refractivity contribution < 1.29 is 23.9 Å². The Bertz CT molecular complexity index is 403. The number of ether oxygens (including phenoxy) is 2. The van der Waals surface area contributed by atoms with Crippen LogP contribution in [0.4, 0.5) is 0 Å². The number of ketones is 1. The molecule has 0 aromatic heterocycles. The summed E-state index contributed by atoms with van der Waals surface area (Å²) in [5.74, 6) is 3.32. The van der Waals surface area contributed by atoms with E-state index in [0.717, 1.165) is 6.08 Å². The Morgan fingerprint density at radius 2 is 1.58 bits per heavy atom. The van der Waals surface area contributed by atoms with Gasteiger partial charge < -0.3 is 9.47 Å². The first-order chi connectivity index (χ1) is 9.06. The monoisotopic (exact) mass is 266 g/mol. The molecule has 104 valence electrons. The van der Waals surface area contributed by atoms with Crippen LogP contribution in [0, 0.1) is 11.8 Å². The van der Waals surface area contributed by atoms with Crippen molar-refractivity contribution >= 4 is 17.7 Å². The molecular weight excluding hydrogens is 248 g/mol. The van der Waals surface area contributed by atoms with Crippen molar-refractivity contribution in [3.63, 3.8) is 0 Å². The average molecular weight is 266 g/mol. The number of rotatable bonds is 7. The molecule has 0 saturated heterocycles. The van der Waals surface area contributed by atoms with Gasteiger partial charge in [0.05, 0.1) is 13.2 Å². The van der Waals surface area contributed by atoms with Gasteiger partial charge in [0.25, 0.3) is 0 Å². The van der Waals surface area contributed by atoms with E-state index in [2.05, 4.69) is 11.8 Å². The van der Waals surface area contributed by atoms with Gasteiger partial charge in [0.1, 0.15) is 5.57 Å². The largest absolute Gasteiger partial charge is 0.462 e. The van der Waals surface area contributed by atoms with Gasteiger partial charge in [-0.3, -0.25) is 4.79 Å². The maximum atomic E-state index is 11.6. The summed E-state index contributed by atoms with van der Waals surface area (Å²) in [6.45, 7) is 5.12. The van der Waals surface area contributed by atoms with Crippen LogP contribution in [0.2, 0.25) is 0 Å². The molecule has 0 rings (SSSR count). The highest BCUT2D eigenvalue weighted by Crippen LogP contribution is 2.04.